The first-order chi connectivity index (χ1) is 13.2. The van der Waals surface area contributed by atoms with Gasteiger partial charge in [-0.15, -0.1) is 0 Å². The number of benzene rings is 2. The van der Waals surface area contributed by atoms with Gasteiger partial charge in [-0.2, -0.15) is 4.31 Å². The molecule has 0 aliphatic heterocycles. The lowest BCUT2D eigenvalue weighted by Gasteiger charge is -2.23. The Hall–Kier alpha value is -2.38. The summed E-state index contributed by atoms with van der Waals surface area (Å²) in [6, 6.07) is 14.8. The zero-order valence-corrected chi connectivity index (χ0v) is 17.6. The topological polar surface area (TPSA) is 75.7 Å². The maximum absolute atomic E-state index is 12.6. The first-order valence-corrected chi connectivity index (χ1v) is 11.0. The van der Waals surface area contributed by atoms with Gasteiger partial charge in [0.15, 0.2) is 0 Å². The normalized spacial score (nSPS) is 12.6. The molecule has 0 fully saturated rings. The molecular weight excluding hydrogens is 376 g/mol. The van der Waals surface area contributed by atoms with Crippen molar-refractivity contribution in [2.24, 2.45) is 0 Å². The molecule has 1 unspecified atom stereocenters. The van der Waals surface area contributed by atoms with E-state index in [0.717, 1.165) is 28.7 Å². The minimum atomic E-state index is -3.53. The Morgan fingerprint density at radius 1 is 1.18 bits per heavy atom. The molecule has 0 aliphatic rings. The van der Waals surface area contributed by atoms with Crippen LogP contribution in [-0.2, 0) is 21.4 Å². The van der Waals surface area contributed by atoms with Gasteiger partial charge in [-0.05, 0) is 36.1 Å². The molecular formula is C21H28N2O4S. The van der Waals surface area contributed by atoms with Crippen LogP contribution in [0, 0.1) is 6.92 Å². The Labute approximate surface area is 167 Å². The molecule has 152 valence electrons. The second-order valence-corrected chi connectivity index (χ2v) is 8.76. The van der Waals surface area contributed by atoms with Crippen LogP contribution < -0.4 is 10.1 Å². The Kier molecular flexibility index (Phi) is 7.60. The van der Waals surface area contributed by atoms with Gasteiger partial charge in [0.1, 0.15) is 5.75 Å². The van der Waals surface area contributed by atoms with Gasteiger partial charge in [-0.3, -0.25) is 4.79 Å². The van der Waals surface area contributed by atoms with Crippen molar-refractivity contribution in [2.45, 2.75) is 32.9 Å². The molecule has 0 saturated heterocycles. The highest BCUT2D eigenvalue weighted by Gasteiger charge is 2.22. The van der Waals surface area contributed by atoms with Gasteiger partial charge in [0.05, 0.1) is 26.0 Å². The molecule has 0 saturated carbocycles. The van der Waals surface area contributed by atoms with E-state index in [4.69, 9.17) is 4.74 Å². The lowest BCUT2D eigenvalue weighted by atomic mass is 10.0. The number of hydrogen-bond donors (Lipinski definition) is 1. The number of methoxy groups -OCH3 is 1. The smallest absolute Gasteiger partial charge is 0.235 e. The van der Waals surface area contributed by atoms with E-state index < -0.39 is 10.0 Å². The number of amides is 1. The third-order valence-electron chi connectivity index (χ3n) is 4.56. The van der Waals surface area contributed by atoms with Crippen molar-refractivity contribution in [3.8, 4) is 5.75 Å². The second kappa shape index (κ2) is 9.71. The summed E-state index contributed by atoms with van der Waals surface area (Å²) < 4.78 is 30.8. The molecule has 2 aromatic carbocycles. The van der Waals surface area contributed by atoms with E-state index in [1.807, 2.05) is 62.4 Å². The molecule has 1 atom stereocenters. The largest absolute Gasteiger partial charge is 0.496 e. The number of hydrogen-bond acceptors (Lipinski definition) is 4. The van der Waals surface area contributed by atoms with Crippen LogP contribution in [0.2, 0.25) is 0 Å². The zero-order chi connectivity index (χ0) is 20.7. The molecule has 1 amide bonds. The number of ether oxygens (including phenoxy) is 1. The van der Waals surface area contributed by atoms with Crippen LogP contribution in [-0.4, -0.2) is 38.5 Å². The molecule has 0 spiro atoms. The molecule has 6 nitrogen and oxygen atoms in total. The number of carbonyl (C=O) groups is 1. The first kappa shape index (κ1) is 21.9. The van der Waals surface area contributed by atoms with Crippen molar-refractivity contribution in [3.05, 3.63) is 65.2 Å². The number of nitrogens with one attached hydrogen (secondary N) is 1. The molecule has 1 N–H and O–H groups in total. The van der Waals surface area contributed by atoms with Crippen molar-refractivity contribution in [1.82, 2.24) is 9.62 Å². The summed E-state index contributed by atoms with van der Waals surface area (Å²) in [5.41, 5.74) is 2.77. The van der Waals surface area contributed by atoms with Gasteiger partial charge in [-0.25, -0.2) is 8.42 Å². The standard InChI is InChI=1S/C21H28N2O4S/c1-5-19(18-11-12-20(27-3)16(2)13-18)22-21(24)15-23(28(4,25)26)14-17-9-7-6-8-10-17/h6-13,19H,5,14-15H2,1-4H3,(H,22,24). The highest BCUT2D eigenvalue weighted by atomic mass is 32.2. The third-order valence-corrected chi connectivity index (χ3v) is 5.75. The maximum atomic E-state index is 12.6. The quantitative estimate of drug-likeness (QED) is 0.697. The van der Waals surface area contributed by atoms with E-state index in [1.165, 1.54) is 4.31 Å². The Morgan fingerprint density at radius 2 is 1.86 bits per heavy atom. The average Bonchev–Trinajstić information content (AvgIpc) is 2.65. The summed E-state index contributed by atoms with van der Waals surface area (Å²) in [6.45, 7) is 3.86. The van der Waals surface area contributed by atoms with Gasteiger partial charge in [0.25, 0.3) is 0 Å². The lowest BCUT2D eigenvalue weighted by molar-refractivity contribution is -0.122. The predicted molar refractivity (Wildman–Crippen MR) is 111 cm³/mol. The molecule has 0 aromatic heterocycles. The molecule has 0 radical (unpaired) electrons. The Bertz CT molecular complexity index is 898. The van der Waals surface area contributed by atoms with E-state index in [2.05, 4.69) is 5.32 Å². The summed E-state index contributed by atoms with van der Waals surface area (Å²) >= 11 is 0. The number of rotatable bonds is 9. The predicted octanol–water partition coefficient (Wildman–Crippen LogP) is 3.03. The van der Waals surface area contributed by atoms with Gasteiger partial charge in [0.2, 0.25) is 15.9 Å². The number of sulfonamides is 1. The summed E-state index contributed by atoms with van der Waals surface area (Å²) in [7, 11) is -1.91. The van der Waals surface area contributed by atoms with Crippen LogP contribution in [0.4, 0.5) is 0 Å². The van der Waals surface area contributed by atoms with Crippen LogP contribution in [0.15, 0.2) is 48.5 Å². The van der Waals surface area contributed by atoms with E-state index >= 15 is 0 Å². The molecule has 2 aromatic rings. The van der Waals surface area contributed by atoms with E-state index in [9.17, 15) is 13.2 Å². The highest BCUT2D eigenvalue weighted by molar-refractivity contribution is 7.88. The summed E-state index contributed by atoms with van der Waals surface area (Å²) in [5, 5.41) is 2.95. The average molecular weight is 405 g/mol. The Balaban J connectivity index is 2.11. The van der Waals surface area contributed by atoms with Crippen molar-refractivity contribution in [2.75, 3.05) is 19.9 Å². The van der Waals surface area contributed by atoms with Crippen molar-refractivity contribution in [1.29, 1.82) is 0 Å². The molecule has 0 bridgehead atoms. The highest BCUT2D eigenvalue weighted by Crippen LogP contribution is 2.24. The van der Waals surface area contributed by atoms with Crippen LogP contribution in [0.5, 0.6) is 5.75 Å². The fourth-order valence-corrected chi connectivity index (χ4v) is 3.75. The first-order valence-electron chi connectivity index (χ1n) is 9.17. The van der Waals surface area contributed by atoms with Crippen LogP contribution in [0.25, 0.3) is 0 Å². The lowest BCUT2D eigenvalue weighted by Crippen LogP contribution is -2.41. The molecule has 28 heavy (non-hydrogen) atoms. The molecule has 0 heterocycles. The second-order valence-electron chi connectivity index (χ2n) is 6.77. The van der Waals surface area contributed by atoms with Gasteiger partial charge in [-0.1, -0.05) is 49.4 Å². The van der Waals surface area contributed by atoms with E-state index in [0.29, 0.717) is 6.42 Å². The number of aryl methyl sites for hydroxylation is 1. The van der Waals surface area contributed by atoms with E-state index in [1.54, 1.807) is 7.11 Å². The minimum absolute atomic E-state index is 0.158. The van der Waals surface area contributed by atoms with Gasteiger partial charge in [0, 0.05) is 6.54 Å². The van der Waals surface area contributed by atoms with Crippen molar-refractivity contribution >= 4 is 15.9 Å². The van der Waals surface area contributed by atoms with Gasteiger partial charge >= 0.3 is 0 Å². The van der Waals surface area contributed by atoms with Crippen molar-refractivity contribution in [3.63, 3.8) is 0 Å². The summed E-state index contributed by atoms with van der Waals surface area (Å²) in [4.78, 5) is 12.6. The fourth-order valence-electron chi connectivity index (χ4n) is 3.02. The van der Waals surface area contributed by atoms with Crippen LogP contribution >= 0.6 is 0 Å². The summed E-state index contributed by atoms with van der Waals surface area (Å²) in [6.07, 6.45) is 1.81. The monoisotopic (exact) mass is 404 g/mol. The summed E-state index contributed by atoms with van der Waals surface area (Å²) in [5.74, 6) is 0.456. The SMILES string of the molecule is CCC(NC(=O)CN(Cc1ccccc1)S(C)(=O)=O)c1ccc(OC)c(C)c1. The number of carbonyl (C=O) groups excluding carboxylic acids is 1. The number of nitrogens with zero attached hydrogens (tertiary/aromatic N) is 1. The fraction of sp³-hybridized carbons (Fsp3) is 0.381. The Morgan fingerprint density at radius 3 is 2.39 bits per heavy atom. The molecule has 2 rings (SSSR count). The zero-order valence-electron chi connectivity index (χ0n) is 16.8. The molecule has 7 heteroatoms. The van der Waals surface area contributed by atoms with Crippen LogP contribution in [0.1, 0.15) is 36.1 Å². The molecule has 0 aliphatic carbocycles. The van der Waals surface area contributed by atoms with Gasteiger partial charge < -0.3 is 10.1 Å². The van der Waals surface area contributed by atoms with Crippen LogP contribution in [0.3, 0.4) is 0 Å². The van der Waals surface area contributed by atoms with Crippen molar-refractivity contribution < 1.29 is 17.9 Å². The maximum Gasteiger partial charge on any atom is 0.235 e. The van der Waals surface area contributed by atoms with E-state index in [-0.39, 0.29) is 25.0 Å². The third kappa shape index (κ3) is 6.07. The minimum Gasteiger partial charge on any atom is -0.496 e.